The van der Waals surface area contributed by atoms with Gasteiger partial charge in [0.15, 0.2) is 0 Å². The fourth-order valence-corrected chi connectivity index (χ4v) is 2.02. The molecule has 12 heavy (non-hydrogen) atoms. The fraction of sp³-hybridized carbons (Fsp3) is 0.700. The lowest BCUT2D eigenvalue weighted by Gasteiger charge is -2.09. The Bertz CT molecular complexity index is 184. The zero-order valence-electron chi connectivity index (χ0n) is 7.59. The predicted octanol–water partition coefficient (Wildman–Crippen LogP) is 3.38. The minimum atomic E-state index is 0.847. The lowest BCUT2D eigenvalue weighted by Crippen LogP contribution is -2.00. The molecule has 0 fully saturated rings. The van der Waals surface area contributed by atoms with Gasteiger partial charge in [-0.2, -0.15) is 0 Å². The monoisotopic (exact) mass is 277 g/mol. The van der Waals surface area contributed by atoms with Crippen LogP contribution in [-0.4, -0.2) is 16.7 Å². The summed E-state index contributed by atoms with van der Waals surface area (Å²) < 4.78 is 0.847. The van der Waals surface area contributed by atoms with E-state index in [2.05, 4.69) is 40.6 Å². The van der Waals surface area contributed by atoms with E-state index in [4.69, 9.17) is 0 Å². The summed E-state index contributed by atoms with van der Waals surface area (Å²) in [5, 5.41) is 0. The SMILES string of the molecule is C/C1=C/C=N\CCCC(I)CC1. The summed E-state index contributed by atoms with van der Waals surface area (Å²) in [6, 6.07) is 0. The Labute approximate surface area is 88.5 Å². The molecular weight excluding hydrogens is 261 g/mol. The van der Waals surface area contributed by atoms with Crippen LogP contribution in [-0.2, 0) is 0 Å². The molecule has 0 aromatic carbocycles. The van der Waals surface area contributed by atoms with Crippen LogP contribution in [0.4, 0.5) is 0 Å². The van der Waals surface area contributed by atoms with Crippen LogP contribution in [0.25, 0.3) is 0 Å². The number of hydrogen-bond acceptors (Lipinski definition) is 1. The van der Waals surface area contributed by atoms with E-state index in [1.54, 1.807) is 0 Å². The van der Waals surface area contributed by atoms with E-state index in [1.165, 1.54) is 31.3 Å². The summed E-state index contributed by atoms with van der Waals surface area (Å²) in [5.41, 5.74) is 1.46. The first-order valence-corrected chi connectivity index (χ1v) is 5.83. The van der Waals surface area contributed by atoms with Gasteiger partial charge in [-0.3, -0.25) is 4.99 Å². The first kappa shape index (κ1) is 10.2. The van der Waals surface area contributed by atoms with Crippen LogP contribution in [0.5, 0.6) is 0 Å². The summed E-state index contributed by atoms with van der Waals surface area (Å²) in [6.07, 6.45) is 9.25. The third-order valence-electron chi connectivity index (χ3n) is 2.12. The zero-order valence-corrected chi connectivity index (χ0v) is 9.75. The minimum absolute atomic E-state index is 0.847. The van der Waals surface area contributed by atoms with E-state index in [1.807, 2.05) is 6.21 Å². The molecule has 1 atom stereocenters. The van der Waals surface area contributed by atoms with Crippen molar-refractivity contribution < 1.29 is 0 Å². The Morgan fingerprint density at radius 2 is 2.33 bits per heavy atom. The van der Waals surface area contributed by atoms with Gasteiger partial charge in [-0.25, -0.2) is 0 Å². The van der Waals surface area contributed by atoms with Gasteiger partial charge in [-0.05, 0) is 38.7 Å². The van der Waals surface area contributed by atoms with E-state index < -0.39 is 0 Å². The average molecular weight is 277 g/mol. The van der Waals surface area contributed by atoms with Crippen molar-refractivity contribution in [3.05, 3.63) is 11.6 Å². The van der Waals surface area contributed by atoms with Gasteiger partial charge in [-0.1, -0.05) is 28.2 Å². The largest absolute Gasteiger partial charge is 0.293 e. The second kappa shape index (κ2) is 5.73. The van der Waals surface area contributed by atoms with Crippen LogP contribution in [0.2, 0.25) is 0 Å². The molecule has 0 N–H and O–H groups in total. The number of hydrogen-bond donors (Lipinski definition) is 0. The zero-order chi connectivity index (χ0) is 8.81. The number of nitrogens with zero attached hydrogens (tertiary/aromatic N) is 1. The van der Waals surface area contributed by atoms with Crippen molar-refractivity contribution in [1.29, 1.82) is 0 Å². The Hall–Kier alpha value is 0.140. The summed E-state index contributed by atoms with van der Waals surface area (Å²) >= 11 is 2.56. The molecule has 1 heterocycles. The first-order chi connectivity index (χ1) is 5.79. The van der Waals surface area contributed by atoms with Crippen LogP contribution < -0.4 is 0 Å². The molecule has 68 valence electrons. The van der Waals surface area contributed by atoms with Gasteiger partial charge in [-0.15, -0.1) is 0 Å². The maximum absolute atomic E-state index is 4.31. The van der Waals surface area contributed by atoms with Gasteiger partial charge in [0.25, 0.3) is 0 Å². The number of halogens is 1. The van der Waals surface area contributed by atoms with E-state index in [-0.39, 0.29) is 0 Å². The lowest BCUT2D eigenvalue weighted by molar-refractivity contribution is 0.677. The van der Waals surface area contributed by atoms with Gasteiger partial charge in [0.2, 0.25) is 0 Å². The Balaban J connectivity index is 2.47. The topological polar surface area (TPSA) is 12.4 Å². The molecule has 1 nitrogen and oxygen atoms in total. The molecular formula is C10H16IN. The molecule has 0 saturated carbocycles. The Kier molecular flexibility index (Phi) is 4.88. The van der Waals surface area contributed by atoms with Gasteiger partial charge < -0.3 is 0 Å². The Morgan fingerprint density at radius 3 is 3.17 bits per heavy atom. The molecule has 1 rings (SSSR count). The first-order valence-electron chi connectivity index (χ1n) is 4.58. The summed E-state index contributed by atoms with van der Waals surface area (Å²) in [5.74, 6) is 0. The fourth-order valence-electron chi connectivity index (χ4n) is 1.27. The normalized spacial score (nSPS) is 33.5. The predicted molar refractivity (Wildman–Crippen MR) is 63.4 cm³/mol. The second-order valence-electron chi connectivity index (χ2n) is 3.35. The van der Waals surface area contributed by atoms with Crippen molar-refractivity contribution in [1.82, 2.24) is 0 Å². The van der Waals surface area contributed by atoms with Crippen LogP contribution >= 0.6 is 22.6 Å². The van der Waals surface area contributed by atoms with Crippen molar-refractivity contribution in [3.8, 4) is 0 Å². The van der Waals surface area contributed by atoms with Crippen LogP contribution in [0.1, 0.15) is 32.6 Å². The molecule has 0 amide bonds. The number of aliphatic imine (C=N–C) groups is 1. The van der Waals surface area contributed by atoms with Gasteiger partial charge >= 0.3 is 0 Å². The average Bonchev–Trinajstić information content (AvgIpc) is 2.07. The van der Waals surface area contributed by atoms with E-state index in [0.29, 0.717) is 0 Å². The second-order valence-corrected chi connectivity index (χ2v) is 5.11. The molecule has 1 aliphatic heterocycles. The molecule has 0 aromatic rings. The van der Waals surface area contributed by atoms with Crippen molar-refractivity contribution in [2.75, 3.05) is 6.54 Å². The van der Waals surface area contributed by atoms with Gasteiger partial charge in [0.1, 0.15) is 0 Å². The molecule has 0 aromatic heterocycles. The van der Waals surface area contributed by atoms with E-state index in [9.17, 15) is 0 Å². The number of allylic oxidation sites excluding steroid dienone is 2. The molecule has 0 spiro atoms. The molecule has 2 heteroatoms. The van der Waals surface area contributed by atoms with E-state index in [0.717, 1.165) is 10.5 Å². The van der Waals surface area contributed by atoms with Gasteiger partial charge in [0.05, 0.1) is 0 Å². The highest BCUT2D eigenvalue weighted by atomic mass is 127. The van der Waals surface area contributed by atoms with Crippen molar-refractivity contribution in [2.45, 2.75) is 36.5 Å². The molecule has 0 radical (unpaired) electrons. The Morgan fingerprint density at radius 1 is 1.50 bits per heavy atom. The highest BCUT2D eigenvalue weighted by Gasteiger charge is 2.04. The molecule has 1 unspecified atom stereocenters. The molecule has 0 saturated heterocycles. The van der Waals surface area contributed by atoms with Crippen molar-refractivity contribution in [3.63, 3.8) is 0 Å². The lowest BCUT2D eigenvalue weighted by atomic mass is 10.1. The third-order valence-corrected chi connectivity index (χ3v) is 3.37. The summed E-state index contributed by atoms with van der Waals surface area (Å²) in [4.78, 5) is 4.31. The third kappa shape index (κ3) is 4.24. The summed E-state index contributed by atoms with van der Waals surface area (Å²) in [7, 11) is 0. The maximum Gasteiger partial charge on any atom is 0.0389 e. The molecule has 0 aliphatic carbocycles. The number of rotatable bonds is 0. The van der Waals surface area contributed by atoms with Crippen molar-refractivity contribution in [2.24, 2.45) is 4.99 Å². The van der Waals surface area contributed by atoms with Gasteiger partial charge in [0, 0.05) is 16.7 Å². The highest BCUT2D eigenvalue weighted by molar-refractivity contribution is 14.1. The maximum atomic E-state index is 4.31. The number of alkyl halides is 1. The van der Waals surface area contributed by atoms with Crippen LogP contribution in [0.15, 0.2) is 16.6 Å². The standard InChI is InChI=1S/C10H16IN/c1-9-4-5-10(11)3-2-7-12-8-6-9/h6,8,10H,2-5,7H2,1H3/b9-6-,12-8-. The minimum Gasteiger partial charge on any atom is -0.293 e. The van der Waals surface area contributed by atoms with Crippen LogP contribution in [0, 0.1) is 0 Å². The van der Waals surface area contributed by atoms with E-state index >= 15 is 0 Å². The summed E-state index contributed by atoms with van der Waals surface area (Å²) in [6.45, 7) is 3.19. The molecule has 0 bridgehead atoms. The molecule has 1 aliphatic rings. The quantitative estimate of drug-likeness (QED) is 0.475. The van der Waals surface area contributed by atoms with Crippen LogP contribution in [0.3, 0.4) is 0 Å². The smallest absolute Gasteiger partial charge is 0.0389 e. The van der Waals surface area contributed by atoms with Crippen molar-refractivity contribution >= 4 is 28.8 Å². The highest BCUT2D eigenvalue weighted by Crippen LogP contribution is 2.18.